The van der Waals surface area contributed by atoms with Crippen LogP contribution in [0.3, 0.4) is 0 Å². The van der Waals surface area contributed by atoms with Gasteiger partial charge in [-0.15, -0.1) is 0 Å². The Kier molecular flexibility index (Phi) is 4.09. The lowest BCUT2D eigenvalue weighted by Gasteiger charge is -2.03. The van der Waals surface area contributed by atoms with Crippen LogP contribution in [0, 0.1) is 3.57 Å². The molecule has 0 spiro atoms. The van der Waals surface area contributed by atoms with Gasteiger partial charge < -0.3 is 0 Å². The molecule has 0 amide bonds. The molecule has 57 valence electrons. The minimum atomic E-state index is 1.02. The van der Waals surface area contributed by atoms with Crippen molar-refractivity contribution in [3.05, 3.63) is 31.8 Å². The van der Waals surface area contributed by atoms with E-state index in [4.69, 9.17) is 0 Å². The monoisotopic (exact) mass is 337 g/mol. The van der Waals surface area contributed by atoms with Crippen molar-refractivity contribution in [2.45, 2.75) is 12.5 Å². The molecule has 1 rings (SSSR count). The van der Waals surface area contributed by atoms with E-state index in [2.05, 4.69) is 67.0 Å². The number of hydrogen-bond donors (Lipinski definition) is 0. The summed E-state index contributed by atoms with van der Waals surface area (Å²) in [5.74, 6) is 0. The van der Waals surface area contributed by atoms with Gasteiger partial charge in [0.25, 0.3) is 0 Å². The van der Waals surface area contributed by atoms with Crippen LogP contribution in [0.5, 0.6) is 0 Å². The molecular formula is C8H7BrISi. The fraction of sp³-hybridized carbons (Fsp3) is 0.250. The van der Waals surface area contributed by atoms with E-state index in [1.54, 1.807) is 0 Å². The largest absolute Gasteiger partial charge is 0.0608 e. The molecule has 0 heterocycles. The Bertz CT molecular complexity index is 250. The number of benzene rings is 1. The molecule has 0 atom stereocenters. The molecule has 3 heteroatoms. The molecule has 0 N–H and O–H groups in total. The van der Waals surface area contributed by atoms with Gasteiger partial charge in [0.1, 0.15) is 0 Å². The molecule has 0 aromatic heterocycles. The van der Waals surface area contributed by atoms with Crippen LogP contribution in [0.15, 0.2) is 22.7 Å². The van der Waals surface area contributed by atoms with Gasteiger partial charge in [-0.2, -0.15) is 0 Å². The third kappa shape index (κ3) is 2.56. The van der Waals surface area contributed by atoms with E-state index in [1.165, 1.54) is 13.6 Å². The first-order valence-electron chi connectivity index (χ1n) is 3.33. The van der Waals surface area contributed by atoms with Gasteiger partial charge in [-0.3, -0.25) is 0 Å². The second-order valence-corrected chi connectivity index (χ2v) is 4.65. The van der Waals surface area contributed by atoms with Crippen LogP contribution < -0.4 is 0 Å². The Balaban J connectivity index is 2.96. The van der Waals surface area contributed by atoms with Gasteiger partial charge >= 0.3 is 0 Å². The van der Waals surface area contributed by atoms with E-state index in [0.29, 0.717) is 0 Å². The topological polar surface area (TPSA) is 0 Å². The summed E-state index contributed by atoms with van der Waals surface area (Å²) in [6.45, 7) is 0. The van der Waals surface area contributed by atoms with Gasteiger partial charge in [-0.05, 0) is 56.6 Å². The van der Waals surface area contributed by atoms with Crippen LogP contribution in [-0.2, 0) is 6.42 Å². The van der Waals surface area contributed by atoms with Crippen molar-refractivity contribution in [3.63, 3.8) is 0 Å². The molecule has 0 unspecified atom stereocenters. The van der Waals surface area contributed by atoms with Crippen molar-refractivity contribution in [3.8, 4) is 0 Å². The van der Waals surface area contributed by atoms with Crippen LogP contribution in [-0.4, -0.2) is 10.2 Å². The highest BCUT2D eigenvalue weighted by Gasteiger charge is 2.00. The van der Waals surface area contributed by atoms with Crippen LogP contribution in [0.4, 0.5) is 0 Å². The zero-order valence-corrected chi connectivity index (χ0v) is 10.6. The van der Waals surface area contributed by atoms with E-state index < -0.39 is 0 Å². The van der Waals surface area contributed by atoms with E-state index >= 15 is 0 Å². The van der Waals surface area contributed by atoms with Crippen LogP contribution in [0.2, 0.25) is 6.04 Å². The lowest BCUT2D eigenvalue weighted by Crippen LogP contribution is -1.88. The van der Waals surface area contributed by atoms with Crippen LogP contribution in [0.25, 0.3) is 0 Å². The van der Waals surface area contributed by atoms with E-state index in [0.717, 1.165) is 12.5 Å². The van der Waals surface area contributed by atoms with Crippen LogP contribution >= 0.6 is 38.5 Å². The minimum Gasteiger partial charge on any atom is -0.0608 e. The van der Waals surface area contributed by atoms with Gasteiger partial charge in [-0.1, -0.05) is 18.2 Å². The molecule has 0 aliphatic carbocycles. The van der Waals surface area contributed by atoms with E-state index in [-0.39, 0.29) is 0 Å². The van der Waals surface area contributed by atoms with Crippen molar-refractivity contribution in [1.82, 2.24) is 0 Å². The molecule has 1 aromatic carbocycles. The highest BCUT2D eigenvalue weighted by atomic mass is 127. The summed E-state index contributed by atoms with van der Waals surface area (Å²) in [7, 11) is 3.47. The average Bonchev–Trinajstić information content (AvgIpc) is 1.99. The van der Waals surface area contributed by atoms with Crippen LogP contribution in [0.1, 0.15) is 5.56 Å². The molecule has 1 aromatic rings. The van der Waals surface area contributed by atoms with Gasteiger partial charge in [0.05, 0.1) is 0 Å². The maximum atomic E-state index is 3.49. The molecule has 0 fully saturated rings. The molecule has 0 nitrogen and oxygen atoms in total. The zero-order chi connectivity index (χ0) is 8.27. The predicted molar refractivity (Wildman–Crippen MR) is 61.1 cm³/mol. The molecule has 0 saturated heterocycles. The highest BCUT2D eigenvalue weighted by Crippen LogP contribution is 2.23. The molecule has 0 saturated carbocycles. The number of aryl methyl sites for hydroxylation is 1. The van der Waals surface area contributed by atoms with E-state index in [9.17, 15) is 0 Å². The lowest BCUT2D eigenvalue weighted by atomic mass is 10.2. The molecule has 0 aliphatic rings. The smallest absolute Gasteiger partial charge is 0.0311 e. The van der Waals surface area contributed by atoms with Crippen molar-refractivity contribution < 1.29 is 0 Å². The van der Waals surface area contributed by atoms with Crippen molar-refractivity contribution >= 4 is 48.8 Å². The highest BCUT2D eigenvalue weighted by molar-refractivity contribution is 14.1. The third-order valence-corrected chi connectivity index (χ3v) is 4.35. The molecule has 3 radical (unpaired) electrons. The fourth-order valence-electron chi connectivity index (χ4n) is 0.876. The summed E-state index contributed by atoms with van der Waals surface area (Å²) in [5, 5.41) is 0. The molecular weight excluding hydrogens is 331 g/mol. The summed E-state index contributed by atoms with van der Waals surface area (Å²) in [6.07, 6.45) is 1.09. The Morgan fingerprint density at radius 1 is 1.45 bits per heavy atom. The minimum absolute atomic E-state index is 1.02. The van der Waals surface area contributed by atoms with Gasteiger partial charge in [-0.25, -0.2) is 0 Å². The Morgan fingerprint density at radius 3 is 2.82 bits per heavy atom. The van der Waals surface area contributed by atoms with E-state index in [1.807, 2.05) is 0 Å². The second kappa shape index (κ2) is 4.62. The lowest BCUT2D eigenvalue weighted by molar-refractivity contribution is 1.12. The summed E-state index contributed by atoms with van der Waals surface area (Å²) < 4.78 is 2.51. The first kappa shape index (κ1) is 9.73. The normalized spacial score (nSPS) is 10.1. The predicted octanol–water partition coefficient (Wildman–Crippen LogP) is 3.18. The first-order valence-corrected chi connectivity index (χ1v) is 5.91. The summed E-state index contributed by atoms with van der Waals surface area (Å²) in [6, 6.07) is 7.32. The average molecular weight is 338 g/mol. The number of rotatable bonds is 2. The fourth-order valence-corrected chi connectivity index (χ4v) is 2.18. The maximum absolute atomic E-state index is 3.49. The van der Waals surface area contributed by atoms with Gasteiger partial charge in [0.15, 0.2) is 0 Å². The standard InChI is InChI=1S/C8H7BrISi/c9-7-3-1-2-6(4-5-11)8(7)10/h1-3H,4-5H2. The summed E-state index contributed by atoms with van der Waals surface area (Å²) >= 11 is 5.85. The summed E-state index contributed by atoms with van der Waals surface area (Å²) in [5.41, 5.74) is 1.40. The maximum Gasteiger partial charge on any atom is 0.0311 e. The first-order chi connectivity index (χ1) is 5.25. The number of hydrogen-bond acceptors (Lipinski definition) is 0. The molecule has 0 aliphatic heterocycles. The van der Waals surface area contributed by atoms with Crippen molar-refractivity contribution in [2.24, 2.45) is 0 Å². The Hall–Kier alpha value is 0.647. The molecule has 0 bridgehead atoms. The zero-order valence-electron chi connectivity index (χ0n) is 5.90. The number of halogens is 2. The van der Waals surface area contributed by atoms with Gasteiger partial charge in [0, 0.05) is 18.3 Å². The Morgan fingerprint density at radius 2 is 2.18 bits per heavy atom. The Labute approximate surface area is 92.5 Å². The third-order valence-electron chi connectivity index (χ3n) is 1.43. The van der Waals surface area contributed by atoms with Crippen molar-refractivity contribution in [2.75, 3.05) is 0 Å². The van der Waals surface area contributed by atoms with Crippen molar-refractivity contribution in [1.29, 1.82) is 0 Å². The quantitative estimate of drug-likeness (QED) is 0.574. The van der Waals surface area contributed by atoms with Gasteiger partial charge in [0.2, 0.25) is 0 Å². The SMILES string of the molecule is [Si]CCc1cccc(Br)c1I. The summed E-state index contributed by atoms with van der Waals surface area (Å²) in [4.78, 5) is 0. The molecule has 11 heavy (non-hydrogen) atoms. The second-order valence-electron chi connectivity index (χ2n) is 2.21.